The fourth-order valence-electron chi connectivity index (χ4n) is 0.530. The summed E-state index contributed by atoms with van der Waals surface area (Å²) in [5.41, 5.74) is 0. The predicted molar refractivity (Wildman–Crippen MR) is 39.3 cm³/mol. The van der Waals surface area contributed by atoms with Crippen LogP contribution in [0.3, 0.4) is 0 Å². The number of hydrogen-bond donors (Lipinski definition) is 0. The Bertz CT molecular complexity index is 114. The molecule has 0 aromatic carbocycles. The van der Waals surface area contributed by atoms with Crippen LogP contribution in [0.2, 0.25) is 0 Å². The molecule has 0 aromatic heterocycles. The monoisotopic (exact) mass is 126 g/mol. The number of carbonyl (C=O) groups is 1. The highest BCUT2D eigenvalue weighted by Crippen LogP contribution is 2.01. The van der Waals surface area contributed by atoms with Gasteiger partial charge in [0.2, 0.25) is 0 Å². The van der Waals surface area contributed by atoms with E-state index in [1.807, 2.05) is 20.8 Å². The molecule has 0 rings (SSSR count). The number of ketones is 1. The molecule has 0 aliphatic rings. The van der Waals surface area contributed by atoms with Crippen LogP contribution < -0.4 is 0 Å². The summed E-state index contributed by atoms with van der Waals surface area (Å²) in [7, 11) is 0. The largest absolute Gasteiger partial charge is 0.295 e. The molecular formula is C8H14O. The maximum absolute atomic E-state index is 10.9. The molecule has 0 N–H and O–H groups in total. The van der Waals surface area contributed by atoms with Gasteiger partial charge >= 0.3 is 0 Å². The fourth-order valence-corrected chi connectivity index (χ4v) is 0.530. The Balaban J connectivity index is 3.73. The van der Waals surface area contributed by atoms with E-state index < -0.39 is 0 Å². The molecule has 0 aromatic rings. The lowest BCUT2D eigenvalue weighted by Crippen LogP contribution is -2.05. The number of carbonyl (C=O) groups excluding carboxylic acids is 1. The van der Waals surface area contributed by atoms with Gasteiger partial charge in [-0.3, -0.25) is 4.79 Å². The molecule has 52 valence electrons. The van der Waals surface area contributed by atoms with Gasteiger partial charge in [0.15, 0.2) is 5.78 Å². The second kappa shape index (κ2) is 4.30. The minimum atomic E-state index is 0.196. The summed E-state index contributed by atoms with van der Waals surface area (Å²) >= 11 is 0. The molecule has 1 atom stereocenters. The van der Waals surface area contributed by atoms with Gasteiger partial charge in [0.25, 0.3) is 0 Å². The molecule has 0 radical (unpaired) electrons. The van der Waals surface area contributed by atoms with Gasteiger partial charge in [-0.1, -0.05) is 19.9 Å². The van der Waals surface area contributed by atoms with E-state index in [1.165, 1.54) is 0 Å². The molecule has 0 spiro atoms. The Labute approximate surface area is 56.8 Å². The molecule has 0 bridgehead atoms. The number of allylic oxidation sites excluding steroid dienone is 2. The Morgan fingerprint density at radius 1 is 1.67 bits per heavy atom. The maximum atomic E-state index is 10.9. The van der Waals surface area contributed by atoms with E-state index in [-0.39, 0.29) is 11.7 Å². The third-order valence-electron chi connectivity index (χ3n) is 1.43. The minimum absolute atomic E-state index is 0.196. The van der Waals surface area contributed by atoms with Crippen molar-refractivity contribution in [1.29, 1.82) is 0 Å². The van der Waals surface area contributed by atoms with Crippen molar-refractivity contribution in [3.05, 3.63) is 12.2 Å². The molecule has 1 nitrogen and oxygen atoms in total. The summed E-state index contributed by atoms with van der Waals surface area (Å²) < 4.78 is 0. The highest BCUT2D eigenvalue weighted by atomic mass is 16.1. The van der Waals surface area contributed by atoms with Crippen molar-refractivity contribution in [2.45, 2.75) is 27.2 Å². The van der Waals surface area contributed by atoms with E-state index in [1.54, 1.807) is 12.2 Å². The molecule has 1 heteroatoms. The Morgan fingerprint density at radius 3 is 2.56 bits per heavy atom. The summed E-state index contributed by atoms with van der Waals surface area (Å²) in [6.07, 6.45) is 4.35. The van der Waals surface area contributed by atoms with Crippen LogP contribution in [0.25, 0.3) is 0 Å². The van der Waals surface area contributed by atoms with Crippen molar-refractivity contribution >= 4 is 5.78 Å². The molecule has 0 heterocycles. The Morgan fingerprint density at radius 2 is 2.22 bits per heavy atom. The molecule has 0 saturated heterocycles. The van der Waals surface area contributed by atoms with Crippen molar-refractivity contribution in [3.63, 3.8) is 0 Å². The summed E-state index contributed by atoms with van der Waals surface area (Å²) in [5.74, 6) is 0.432. The first kappa shape index (κ1) is 8.41. The molecular weight excluding hydrogens is 112 g/mol. The van der Waals surface area contributed by atoms with E-state index in [0.29, 0.717) is 0 Å². The zero-order valence-corrected chi connectivity index (χ0v) is 6.35. The first-order valence-corrected chi connectivity index (χ1v) is 3.38. The lowest BCUT2D eigenvalue weighted by atomic mass is 10.0. The van der Waals surface area contributed by atoms with Crippen molar-refractivity contribution in [2.24, 2.45) is 5.92 Å². The summed E-state index contributed by atoms with van der Waals surface area (Å²) in [4.78, 5) is 10.9. The SMILES string of the molecule is C/C=C/C(=O)[C@H](C)CC. The standard InChI is InChI=1S/C8H14O/c1-4-6-8(9)7(3)5-2/h4,6-7H,5H2,1-3H3/b6-4+/t7-/m1/s1. The van der Waals surface area contributed by atoms with Gasteiger partial charge < -0.3 is 0 Å². The third-order valence-corrected chi connectivity index (χ3v) is 1.43. The molecule has 0 saturated carbocycles. The van der Waals surface area contributed by atoms with Crippen LogP contribution in [-0.4, -0.2) is 5.78 Å². The zero-order valence-electron chi connectivity index (χ0n) is 6.35. The lowest BCUT2D eigenvalue weighted by molar-refractivity contribution is -0.117. The van der Waals surface area contributed by atoms with E-state index in [9.17, 15) is 4.79 Å². The van der Waals surface area contributed by atoms with Crippen LogP contribution in [0.15, 0.2) is 12.2 Å². The Kier molecular flexibility index (Phi) is 4.02. The topological polar surface area (TPSA) is 17.1 Å². The molecule has 0 aliphatic carbocycles. The summed E-state index contributed by atoms with van der Waals surface area (Å²) in [6, 6.07) is 0. The average Bonchev–Trinajstić information content (AvgIpc) is 1.87. The van der Waals surface area contributed by atoms with Gasteiger partial charge in [-0.25, -0.2) is 0 Å². The van der Waals surface area contributed by atoms with Gasteiger partial charge in [-0.05, 0) is 19.4 Å². The Hall–Kier alpha value is -0.590. The van der Waals surface area contributed by atoms with Gasteiger partial charge in [-0.2, -0.15) is 0 Å². The molecule has 0 fully saturated rings. The van der Waals surface area contributed by atoms with E-state index in [2.05, 4.69) is 0 Å². The molecule has 0 aliphatic heterocycles. The third kappa shape index (κ3) is 3.07. The second-order valence-corrected chi connectivity index (χ2v) is 2.21. The normalized spacial score (nSPS) is 14.1. The average molecular weight is 126 g/mol. The van der Waals surface area contributed by atoms with Crippen LogP contribution in [0, 0.1) is 5.92 Å². The van der Waals surface area contributed by atoms with Crippen LogP contribution in [-0.2, 0) is 4.79 Å². The number of rotatable bonds is 3. The molecule has 9 heavy (non-hydrogen) atoms. The zero-order chi connectivity index (χ0) is 7.28. The van der Waals surface area contributed by atoms with Gasteiger partial charge in [0.1, 0.15) is 0 Å². The van der Waals surface area contributed by atoms with Crippen molar-refractivity contribution in [2.75, 3.05) is 0 Å². The van der Waals surface area contributed by atoms with Crippen molar-refractivity contribution < 1.29 is 4.79 Å². The van der Waals surface area contributed by atoms with Crippen LogP contribution in [0.5, 0.6) is 0 Å². The van der Waals surface area contributed by atoms with Crippen LogP contribution >= 0.6 is 0 Å². The van der Waals surface area contributed by atoms with Crippen molar-refractivity contribution in [3.8, 4) is 0 Å². The summed E-state index contributed by atoms with van der Waals surface area (Å²) in [6.45, 7) is 5.83. The second-order valence-electron chi connectivity index (χ2n) is 2.21. The first-order valence-electron chi connectivity index (χ1n) is 3.38. The highest BCUT2D eigenvalue weighted by Gasteiger charge is 2.04. The fraction of sp³-hybridized carbons (Fsp3) is 0.625. The molecule has 0 amide bonds. The quantitative estimate of drug-likeness (QED) is 0.530. The maximum Gasteiger partial charge on any atom is 0.158 e. The van der Waals surface area contributed by atoms with Gasteiger partial charge in [-0.15, -0.1) is 0 Å². The van der Waals surface area contributed by atoms with Crippen LogP contribution in [0.1, 0.15) is 27.2 Å². The van der Waals surface area contributed by atoms with E-state index in [4.69, 9.17) is 0 Å². The first-order chi connectivity index (χ1) is 4.22. The van der Waals surface area contributed by atoms with Gasteiger partial charge in [0, 0.05) is 5.92 Å². The predicted octanol–water partition coefficient (Wildman–Crippen LogP) is 2.18. The van der Waals surface area contributed by atoms with Crippen molar-refractivity contribution in [1.82, 2.24) is 0 Å². The van der Waals surface area contributed by atoms with E-state index >= 15 is 0 Å². The van der Waals surface area contributed by atoms with Crippen LogP contribution in [0.4, 0.5) is 0 Å². The molecule has 0 unspecified atom stereocenters. The van der Waals surface area contributed by atoms with E-state index in [0.717, 1.165) is 6.42 Å². The highest BCUT2D eigenvalue weighted by molar-refractivity contribution is 5.91. The van der Waals surface area contributed by atoms with Gasteiger partial charge in [0.05, 0.1) is 0 Å². The lowest BCUT2D eigenvalue weighted by Gasteiger charge is -2.00. The number of hydrogen-bond acceptors (Lipinski definition) is 1. The smallest absolute Gasteiger partial charge is 0.158 e. The minimum Gasteiger partial charge on any atom is -0.295 e. The summed E-state index contributed by atoms with van der Waals surface area (Å²) in [5, 5.41) is 0.